The summed E-state index contributed by atoms with van der Waals surface area (Å²) in [6.07, 6.45) is 0.939. The van der Waals surface area contributed by atoms with Crippen LogP contribution in [0.2, 0.25) is 0 Å². The third kappa shape index (κ3) is 7.87. The number of esters is 2. The lowest BCUT2D eigenvalue weighted by Gasteiger charge is -2.17. The summed E-state index contributed by atoms with van der Waals surface area (Å²) < 4.78 is 9.98. The summed E-state index contributed by atoms with van der Waals surface area (Å²) in [4.78, 5) is 22.4. The van der Waals surface area contributed by atoms with Crippen LogP contribution in [-0.4, -0.2) is 29.7 Å². The molecule has 16 heavy (non-hydrogen) atoms. The number of hydrogen-bond acceptors (Lipinski definition) is 6. The first-order chi connectivity index (χ1) is 7.63. The Labute approximate surface area is 107 Å². The molecule has 0 fully saturated rings. The molecule has 0 radical (unpaired) electrons. The lowest BCUT2D eigenvalue weighted by atomic mass is 10.3. The van der Waals surface area contributed by atoms with Crippen LogP contribution in [0.4, 0.5) is 0 Å². The summed E-state index contributed by atoms with van der Waals surface area (Å²) in [7, 11) is 0. The standard InChI is InChI=1S/C10H18O4S2/c1-2-3-10(13-8(11)4-6-15)14-9(12)5-7-16/h10,15-16H,2-7H2,1H3. The highest BCUT2D eigenvalue weighted by Crippen LogP contribution is 2.07. The Balaban J connectivity index is 4.05. The maximum absolute atomic E-state index is 11.2. The fraction of sp³-hybridized carbons (Fsp3) is 0.800. The molecular formula is C10H18O4S2. The van der Waals surface area contributed by atoms with E-state index >= 15 is 0 Å². The Morgan fingerprint density at radius 2 is 1.50 bits per heavy atom. The molecular weight excluding hydrogens is 248 g/mol. The van der Waals surface area contributed by atoms with E-state index in [2.05, 4.69) is 25.3 Å². The second-order valence-corrected chi connectivity index (χ2v) is 4.04. The van der Waals surface area contributed by atoms with Crippen LogP contribution < -0.4 is 0 Å². The van der Waals surface area contributed by atoms with Crippen molar-refractivity contribution in [3.05, 3.63) is 0 Å². The maximum Gasteiger partial charge on any atom is 0.309 e. The third-order valence-electron chi connectivity index (χ3n) is 1.68. The Bertz CT molecular complexity index is 201. The van der Waals surface area contributed by atoms with Crippen LogP contribution in [0.15, 0.2) is 0 Å². The Hall–Kier alpha value is -0.360. The number of carbonyl (C=O) groups is 2. The molecule has 6 heteroatoms. The minimum Gasteiger partial charge on any atom is -0.425 e. The number of ether oxygens (including phenoxy) is 2. The molecule has 0 aliphatic carbocycles. The van der Waals surface area contributed by atoms with Gasteiger partial charge in [0, 0.05) is 17.9 Å². The normalized spacial score (nSPS) is 10.2. The Morgan fingerprint density at radius 1 is 1.06 bits per heavy atom. The zero-order chi connectivity index (χ0) is 12.4. The van der Waals surface area contributed by atoms with Gasteiger partial charge in [-0.15, -0.1) is 0 Å². The second kappa shape index (κ2) is 9.84. The average molecular weight is 266 g/mol. The zero-order valence-electron chi connectivity index (χ0n) is 9.35. The lowest BCUT2D eigenvalue weighted by molar-refractivity contribution is -0.188. The van der Waals surface area contributed by atoms with E-state index in [1.54, 1.807) is 0 Å². The van der Waals surface area contributed by atoms with Gasteiger partial charge in [0.15, 0.2) is 0 Å². The van der Waals surface area contributed by atoms with Crippen molar-refractivity contribution >= 4 is 37.2 Å². The summed E-state index contributed by atoms with van der Waals surface area (Å²) in [5.41, 5.74) is 0. The van der Waals surface area contributed by atoms with Crippen LogP contribution in [0.3, 0.4) is 0 Å². The molecule has 0 atom stereocenters. The van der Waals surface area contributed by atoms with Crippen LogP contribution in [0.5, 0.6) is 0 Å². The molecule has 0 aliphatic rings. The first-order valence-corrected chi connectivity index (χ1v) is 6.51. The second-order valence-electron chi connectivity index (χ2n) is 3.15. The van der Waals surface area contributed by atoms with Gasteiger partial charge in [-0.05, 0) is 6.42 Å². The fourth-order valence-corrected chi connectivity index (χ4v) is 1.34. The SMILES string of the molecule is CCCC(OC(=O)CCS)OC(=O)CCS. The Kier molecular flexibility index (Phi) is 9.62. The van der Waals surface area contributed by atoms with E-state index in [9.17, 15) is 9.59 Å². The smallest absolute Gasteiger partial charge is 0.309 e. The molecule has 0 aromatic heterocycles. The molecule has 0 aromatic carbocycles. The molecule has 0 spiro atoms. The number of carbonyl (C=O) groups excluding carboxylic acids is 2. The van der Waals surface area contributed by atoms with Gasteiger partial charge in [-0.2, -0.15) is 25.3 Å². The Morgan fingerprint density at radius 3 is 1.81 bits per heavy atom. The third-order valence-corrected chi connectivity index (χ3v) is 2.13. The van der Waals surface area contributed by atoms with Crippen molar-refractivity contribution in [2.45, 2.75) is 38.9 Å². The molecule has 0 N–H and O–H groups in total. The molecule has 0 saturated heterocycles. The molecule has 0 unspecified atom stereocenters. The van der Waals surface area contributed by atoms with Gasteiger partial charge in [-0.1, -0.05) is 6.92 Å². The van der Waals surface area contributed by atoms with Crippen molar-refractivity contribution in [3.8, 4) is 0 Å². The van der Waals surface area contributed by atoms with E-state index in [1.165, 1.54) is 0 Å². The van der Waals surface area contributed by atoms with Crippen molar-refractivity contribution in [3.63, 3.8) is 0 Å². The van der Waals surface area contributed by atoms with Crippen LogP contribution in [-0.2, 0) is 19.1 Å². The van der Waals surface area contributed by atoms with E-state index in [0.29, 0.717) is 17.9 Å². The molecule has 0 aromatic rings. The van der Waals surface area contributed by atoms with Crippen molar-refractivity contribution in [2.24, 2.45) is 0 Å². The molecule has 0 bridgehead atoms. The summed E-state index contributed by atoms with van der Waals surface area (Å²) in [6.45, 7) is 1.92. The fourth-order valence-electron chi connectivity index (χ4n) is 0.971. The van der Waals surface area contributed by atoms with E-state index in [0.717, 1.165) is 6.42 Å². The van der Waals surface area contributed by atoms with Crippen LogP contribution in [0.1, 0.15) is 32.6 Å². The molecule has 0 heterocycles. The van der Waals surface area contributed by atoms with Crippen LogP contribution in [0, 0.1) is 0 Å². The van der Waals surface area contributed by atoms with Crippen molar-refractivity contribution in [1.29, 1.82) is 0 Å². The molecule has 0 amide bonds. The summed E-state index contributed by atoms with van der Waals surface area (Å²) in [5, 5.41) is 0. The van der Waals surface area contributed by atoms with Gasteiger partial charge in [0.2, 0.25) is 6.29 Å². The number of rotatable bonds is 8. The van der Waals surface area contributed by atoms with Gasteiger partial charge >= 0.3 is 11.9 Å². The molecule has 0 saturated carbocycles. The van der Waals surface area contributed by atoms with Gasteiger partial charge in [0.05, 0.1) is 12.8 Å². The van der Waals surface area contributed by atoms with Gasteiger partial charge in [-0.3, -0.25) is 9.59 Å². The molecule has 94 valence electrons. The average Bonchev–Trinajstić information content (AvgIpc) is 2.18. The van der Waals surface area contributed by atoms with Crippen LogP contribution >= 0.6 is 25.3 Å². The molecule has 0 rings (SSSR count). The number of hydrogen-bond donors (Lipinski definition) is 2. The van der Waals surface area contributed by atoms with E-state index < -0.39 is 18.2 Å². The zero-order valence-corrected chi connectivity index (χ0v) is 11.1. The first-order valence-electron chi connectivity index (χ1n) is 5.24. The van der Waals surface area contributed by atoms with Crippen molar-refractivity contribution in [2.75, 3.05) is 11.5 Å². The highest BCUT2D eigenvalue weighted by atomic mass is 32.1. The van der Waals surface area contributed by atoms with E-state index in [4.69, 9.17) is 9.47 Å². The van der Waals surface area contributed by atoms with Gasteiger partial charge in [0.25, 0.3) is 0 Å². The first kappa shape index (κ1) is 15.6. The van der Waals surface area contributed by atoms with Gasteiger partial charge < -0.3 is 9.47 Å². The predicted octanol–water partition coefficient (Wildman–Crippen LogP) is 1.84. The molecule has 4 nitrogen and oxygen atoms in total. The largest absolute Gasteiger partial charge is 0.425 e. The molecule has 0 aliphatic heterocycles. The van der Waals surface area contributed by atoms with E-state index in [1.807, 2.05) is 6.92 Å². The predicted molar refractivity (Wildman–Crippen MR) is 67.8 cm³/mol. The highest BCUT2D eigenvalue weighted by molar-refractivity contribution is 7.80. The lowest BCUT2D eigenvalue weighted by Crippen LogP contribution is -2.24. The summed E-state index contributed by atoms with van der Waals surface area (Å²) in [6, 6.07) is 0. The van der Waals surface area contributed by atoms with Gasteiger partial charge in [-0.25, -0.2) is 0 Å². The number of thiol groups is 2. The summed E-state index contributed by atoms with van der Waals surface area (Å²) in [5.74, 6) is 0.0455. The van der Waals surface area contributed by atoms with Crippen molar-refractivity contribution < 1.29 is 19.1 Å². The topological polar surface area (TPSA) is 52.6 Å². The quantitative estimate of drug-likeness (QED) is 0.400. The maximum atomic E-state index is 11.2. The van der Waals surface area contributed by atoms with Gasteiger partial charge in [0.1, 0.15) is 0 Å². The van der Waals surface area contributed by atoms with Crippen LogP contribution in [0.25, 0.3) is 0 Å². The minimum absolute atomic E-state index is 0.216. The summed E-state index contributed by atoms with van der Waals surface area (Å²) >= 11 is 7.84. The minimum atomic E-state index is -0.773. The van der Waals surface area contributed by atoms with Crippen molar-refractivity contribution in [1.82, 2.24) is 0 Å². The monoisotopic (exact) mass is 266 g/mol. The highest BCUT2D eigenvalue weighted by Gasteiger charge is 2.17. The van der Waals surface area contributed by atoms with E-state index in [-0.39, 0.29) is 12.8 Å².